The molecule has 1 N–H and O–H groups in total. The van der Waals surface area contributed by atoms with Gasteiger partial charge >= 0.3 is 0 Å². The lowest BCUT2D eigenvalue weighted by molar-refractivity contribution is 0.211. The minimum absolute atomic E-state index is 0.648. The van der Waals surface area contributed by atoms with Crippen LogP contribution in [-0.2, 0) is 7.05 Å². The van der Waals surface area contributed by atoms with Crippen LogP contribution in [0.4, 0.5) is 0 Å². The van der Waals surface area contributed by atoms with E-state index in [9.17, 15) is 5.11 Å². The number of aliphatic hydroxyl groups excluding tert-OH is 1. The van der Waals surface area contributed by atoms with Gasteiger partial charge in [-0.05, 0) is 18.4 Å². The molecule has 0 aliphatic heterocycles. The lowest BCUT2D eigenvalue weighted by Crippen LogP contribution is -2.03. The molecule has 0 spiro atoms. The van der Waals surface area contributed by atoms with E-state index in [0.29, 0.717) is 5.69 Å². The molecule has 1 atom stereocenters. The van der Waals surface area contributed by atoms with Gasteiger partial charge < -0.3 is 5.11 Å². The molecule has 0 radical (unpaired) electrons. The fourth-order valence-corrected chi connectivity index (χ4v) is 2.26. The van der Waals surface area contributed by atoms with Crippen LogP contribution in [-0.4, -0.2) is 21.1 Å². The summed E-state index contributed by atoms with van der Waals surface area (Å²) in [6, 6.07) is 9.68. The van der Waals surface area contributed by atoms with E-state index in [1.54, 1.807) is 16.4 Å². The molecule has 1 heterocycles. The maximum absolute atomic E-state index is 10.2. The molecule has 2 rings (SSSR count). The van der Waals surface area contributed by atoms with E-state index in [2.05, 4.69) is 5.10 Å². The first kappa shape index (κ1) is 11.2. The smallest absolute Gasteiger partial charge is 0.124 e. The molecule has 0 aliphatic carbocycles. The first-order chi connectivity index (χ1) is 7.72. The van der Waals surface area contributed by atoms with Crippen molar-refractivity contribution in [1.29, 1.82) is 0 Å². The van der Waals surface area contributed by atoms with E-state index in [1.807, 2.05) is 49.8 Å². The maximum atomic E-state index is 10.2. The summed E-state index contributed by atoms with van der Waals surface area (Å²) in [5.74, 6) is 0. The number of aryl methyl sites for hydroxylation is 1. The number of aliphatic hydroxyl groups is 1. The second-order valence-corrected chi connectivity index (χ2v) is 4.41. The quantitative estimate of drug-likeness (QED) is 0.828. The van der Waals surface area contributed by atoms with E-state index in [4.69, 9.17) is 0 Å². The molecule has 1 aromatic carbocycles. The Bertz CT molecular complexity index is 481. The van der Waals surface area contributed by atoms with Crippen LogP contribution in [0.2, 0.25) is 0 Å². The van der Waals surface area contributed by atoms with Gasteiger partial charge in [0.2, 0.25) is 0 Å². The molecule has 3 nitrogen and oxygen atoms in total. The molecule has 1 unspecified atom stereocenters. The molecule has 4 heteroatoms. The Morgan fingerprint density at radius 1 is 1.31 bits per heavy atom. The fraction of sp³-hybridized carbons (Fsp3) is 0.250. The average Bonchev–Trinajstić information content (AvgIpc) is 2.75. The summed E-state index contributed by atoms with van der Waals surface area (Å²) in [5, 5.41) is 14.4. The van der Waals surface area contributed by atoms with Crippen LogP contribution >= 0.6 is 11.8 Å². The molecule has 2 aromatic rings. The molecule has 16 heavy (non-hydrogen) atoms. The van der Waals surface area contributed by atoms with Gasteiger partial charge in [-0.2, -0.15) is 5.10 Å². The number of hydrogen-bond acceptors (Lipinski definition) is 3. The SMILES string of the molecule is CSc1ccccc1C(O)c1ccn(C)n1. The summed E-state index contributed by atoms with van der Waals surface area (Å²) in [7, 11) is 1.84. The van der Waals surface area contributed by atoms with Crippen molar-refractivity contribution in [1.82, 2.24) is 9.78 Å². The van der Waals surface area contributed by atoms with Crippen molar-refractivity contribution >= 4 is 11.8 Å². The van der Waals surface area contributed by atoms with Gasteiger partial charge in [-0.3, -0.25) is 4.68 Å². The van der Waals surface area contributed by atoms with Crippen molar-refractivity contribution in [3.05, 3.63) is 47.8 Å². The van der Waals surface area contributed by atoms with Gasteiger partial charge in [-0.1, -0.05) is 18.2 Å². The highest BCUT2D eigenvalue weighted by atomic mass is 32.2. The number of aromatic nitrogens is 2. The normalized spacial score (nSPS) is 12.7. The lowest BCUT2D eigenvalue weighted by Gasteiger charge is -2.12. The third-order valence-electron chi connectivity index (χ3n) is 2.45. The van der Waals surface area contributed by atoms with Gasteiger partial charge in [0.15, 0.2) is 0 Å². The topological polar surface area (TPSA) is 38.0 Å². The predicted molar refractivity (Wildman–Crippen MR) is 65.5 cm³/mol. The van der Waals surface area contributed by atoms with Crippen LogP contribution in [0.1, 0.15) is 17.4 Å². The van der Waals surface area contributed by atoms with Crippen molar-refractivity contribution in [2.75, 3.05) is 6.26 Å². The van der Waals surface area contributed by atoms with Crippen molar-refractivity contribution < 1.29 is 5.11 Å². The van der Waals surface area contributed by atoms with Gasteiger partial charge in [-0.25, -0.2) is 0 Å². The zero-order chi connectivity index (χ0) is 11.5. The Morgan fingerprint density at radius 3 is 2.69 bits per heavy atom. The number of rotatable bonds is 3. The van der Waals surface area contributed by atoms with E-state index in [0.717, 1.165) is 10.5 Å². The Labute approximate surface area is 99.1 Å². The molecule has 0 saturated heterocycles. The van der Waals surface area contributed by atoms with Crippen LogP contribution in [0, 0.1) is 0 Å². The van der Waals surface area contributed by atoms with Gasteiger partial charge in [0.1, 0.15) is 6.10 Å². The Kier molecular flexibility index (Phi) is 3.31. The maximum Gasteiger partial charge on any atom is 0.124 e. The molecular weight excluding hydrogens is 220 g/mol. The monoisotopic (exact) mass is 234 g/mol. The van der Waals surface area contributed by atoms with Crippen molar-refractivity contribution in [3.8, 4) is 0 Å². The Hall–Kier alpha value is -1.26. The summed E-state index contributed by atoms with van der Waals surface area (Å²) in [5.41, 5.74) is 1.60. The highest BCUT2D eigenvalue weighted by molar-refractivity contribution is 7.98. The number of hydrogen-bond donors (Lipinski definition) is 1. The Morgan fingerprint density at radius 2 is 2.06 bits per heavy atom. The zero-order valence-corrected chi connectivity index (χ0v) is 10.1. The standard InChI is InChI=1S/C12H14N2OS/c1-14-8-7-10(13-14)12(15)9-5-3-4-6-11(9)16-2/h3-8,12,15H,1-2H3. The number of nitrogens with zero attached hydrogens (tertiary/aromatic N) is 2. The largest absolute Gasteiger partial charge is 0.382 e. The molecule has 0 fully saturated rings. The molecule has 1 aromatic heterocycles. The molecule has 0 bridgehead atoms. The zero-order valence-electron chi connectivity index (χ0n) is 9.29. The third kappa shape index (κ3) is 2.13. The second kappa shape index (κ2) is 4.72. The third-order valence-corrected chi connectivity index (χ3v) is 3.26. The summed E-state index contributed by atoms with van der Waals surface area (Å²) in [6.07, 6.45) is 3.19. The first-order valence-corrected chi connectivity index (χ1v) is 6.25. The van der Waals surface area contributed by atoms with Crippen LogP contribution in [0.15, 0.2) is 41.4 Å². The molecule has 84 valence electrons. The number of benzene rings is 1. The highest BCUT2D eigenvalue weighted by Crippen LogP contribution is 2.28. The lowest BCUT2D eigenvalue weighted by atomic mass is 10.1. The van der Waals surface area contributed by atoms with E-state index in [-0.39, 0.29) is 0 Å². The minimum atomic E-state index is -0.648. The van der Waals surface area contributed by atoms with Crippen LogP contribution < -0.4 is 0 Å². The molecule has 0 amide bonds. The Balaban J connectivity index is 2.36. The second-order valence-electron chi connectivity index (χ2n) is 3.56. The van der Waals surface area contributed by atoms with Crippen LogP contribution in [0.5, 0.6) is 0 Å². The average molecular weight is 234 g/mol. The molecule has 0 aliphatic rings. The highest BCUT2D eigenvalue weighted by Gasteiger charge is 2.15. The van der Waals surface area contributed by atoms with Gasteiger partial charge in [-0.15, -0.1) is 11.8 Å². The predicted octanol–water partition coefficient (Wildman–Crippen LogP) is 2.22. The minimum Gasteiger partial charge on any atom is -0.382 e. The van der Waals surface area contributed by atoms with Gasteiger partial charge in [0.25, 0.3) is 0 Å². The van der Waals surface area contributed by atoms with Crippen molar-refractivity contribution in [2.24, 2.45) is 7.05 Å². The van der Waals surface area contributed by atoms with E-state index >= 15 is 0 Å². The summed E-state index contributed by atoms with van der Waals surface area (Å²) in [6.45, 7) is 0. The molecule has 0 saturated carbocycles. The van der Waals surface area contributed by atoms with Crippen molar-refractivity contribution in [3.63, 3.8) is 0 Å². The van der Waals surface area contributed by atoms with Crippen LogP contribution in [0.3, 0.4) is 0 Å². The van der Waals surface area contributed by atoms with E-state index < -0.39 is 6.10 Å². The van der Waals surface area contributed by atoms with Crippen LogP contribution in [0.25, 0.3) is 0 Å². The fourth-order valence-electron chi connectivity index (χ4n) is 1.63. The summed E-state index contributed by atoms with van der Waals surface area (Å²) >= 11 is 1.63. The molecular formula is C12H14N2OS. The van der Waals surface area contributed by atoms with Gasteiger partial charge in [0, 0.05) is 23.7 Å². The van der Waals surface area contributed by atoms with E-state index in [1.165, 1.54) is 0 Å². The van der Waals surface area contributed by atoms with Crippen molar-refractivity contribution in [2.45, 2.75) is 11.0 Å². The summed E-state index contributed by atoms with van der Waals surface area (Å²) in [4.78, 5) is 1.08. The summed E-state index contributed by atoms with van der Waals surface area (Å²) < 4.78 is 1.69. The first-order valence-electron chi connectivity index (χ1n) is 5.03. The number of thioether (sulfide) groups is 1. The van der Waals surface area contributed by atoms with Gasteiger partial charge in [0.05, 0.1) is 5.69 Å².